The second-order valence-corrected chi connectivity index (χ2v) is 6.47. The van der Waals surface area contributed by atoms with E-state index >= 15 is 0 Å². The molecule has 3 aromatic rings. The number of benzene rings is 2. The van der Waals surface area contributed by atoms with Crippen LogP contribution in [0.25, 0.3) is 10.9 Å². The number of aromatic nitrogens is 2. The van der Waals surface area contributed by atoms with Gasteiger partial charge in [-0.1, -0.05) is 12.1 Å². The van der Waals surface area contributed by atoms with Gasteiger partial charge in [-0.05, 0) is 36.4 Å². The van der Waals surface area contributed by atoms with Gasteiger partial charge in [-0.25, -0.2) is 5.84 Å². The zero-order valence-corrected chi connectivity index (χ0v) is 12.5. The number of hydrogen-bond acceptors (Lipinski definition) is 6. The fraction of sp³-hybridized carbons (Fsp3) is 0. The van der Waals surface area contributed by atoms with Gasteiger partial charge in [0.05, 0.1) is 5.52 Å². The van der Waals surface area contributed by atoms with Crippen LogP contribution in [0.4, 0.5) is 0 Å². The number of nitrogens with two attached hydrogens (primary N) is 1. The van der Waals surface area contributed by atoms with Crippen LogP contribution in [0.15, 0.2) is 53.6 Å². The average Bonchev–Trinajstić information content (AvgIpc) is 2.99. The largest absolute Gasteiger partial charge is 0.508 e. The van der Waals surface area contributed by atoms with Crippen LogP contribution in [0.5, 0.6) is 5.75 Å². The Morgan fingerprint density at radius 3 is 2.48 bits per heavy atom. The van der Waals surface area contributed by atoms with Crippen molar-refractivity contribution in [2.75, 3.05) is 0 Å². The predicted octanol–water partition coefficient (Wildman–Crippen LogP) is 0.973. The van der Waals surface area contributed by atoms with Crippen LogP contribution in [-0.2, 0) is 10.0 Å². The molecule has 0 radical (unpaired) electrons. The van der Waals surface area contributed by atoms with E-state index in [-0.39, 0.29) is 20.8 Å². The Labute approximate surface area is 131 Å². The standard InChI is InChI=1S/C14H12N4O4S/c15-18(14(20)9-5-7-10(19)8-6-9)23(21,22)13-11-3-1-2-4-12(11)16-17-13/h1-8,19H,15H2,(H,16,17). The number of rotatable bonds is 3. The number of aromatic amines is 1. The van der Waals surface area contributed by atoms with Crippen molar-refractivity contribution in [1.82, 2.24) is 14.6 Å². The Morgan fingerprint density at radius 2 is 1.78 bits per heavy atom. The number of fused-ring (bicyclic) bond motifs is 1. The summed E-state index contributed by atoms with van der Waals surface area (Å²) in [6.07, 6.45) is 0. The highest BCUT2D eigenvalue weighted by Gasteiger charge is 2.30. The zero-order chi connectivity index (χ0) is 16.6. The lowest BCUT2D eigenvalue weighted by molar-refractivity contribution is 0.0861. The normalized spacial score (nSPS) is 11.5. The van der Waals surface area contributed by atoms with Crippen molar-refractivity contribution in [1.29, 1.82) is 0 Å². The first-order valence-electron chi connectivity index (χ1n) is 6.48. The van der Waals surface area contributed by atoms with Crippen molar-refractivity contribution < 1.29 is 18.3 Å². The number of para-hydroxylation sites is 1. The van der Waals surface area contributed by atoms with Crippen molar-refractivity contribution in [3.05, 3.63) is 54.1 Å². The Morgan fingerprint density at radius 1 is 1.13 bits per heavy atom. The number of nitrogens with zero attached hydrogens (tertiary/aromatic N) is 2. The van der Waals surface area contributed by atoms with E-state index in [1.807, 2.05) is 0 Å². The topological polar surface area (TPSA) is 129 Å². The van der Waals surface area contributed by atoms with E-state index in [1.165, 1.54) is 24.3 Å². The molecular weight excluding hydrogens is 320 g/mol. The van der Waals surface area contributed by atoms with Gasteiger partial charge in [0.15, 0.2) is 5.03 Å². The fourth-order valence-corrected chi connectivity index (χ4v) is 3.20. The first-order chi connectivity index (χ1) is 10.9. The van der Waals surface area contributed by atoms with Crippen LogP contribution in [0.2, 0.25) is 0 Å². The Kier molecular flexibility index (Phi) is 3.51. The molecule has 1 heterocycles. The zero-order valence-electron chi connectivity index (χ0n) is 11.7. The molecular formula is C14H12N4O4S. The number of carbonyl (C=O) groups excluding carboxylic acids is 1. The molecule has 3 rings (SSSR count). The Bertz CT molecular complexity index is 979. The number of H-pyrrole nitrogens is 1. The monoisotopic (exact) mass is 332 g/mol. The molecule has 0 atom stereocenters. The minimum atomic E-state index is -4.30. The molecule has 1 amide bonds. The van der Waals surface area contributed by atoms with Gasteiger partial charge in [0.2, 0.25) is 0 Å². The summed E-state index contributed by atoms with van der Waals surface area (Å²) in [6.45, 7) is 0. The third kappa shape index (κ3) is 2.51. The summed E-state index contributed by atoms with van der Waals surface area (Å²) in [7, 11) is -4.30. The van der Waals surface area contributed by atoms with Crippen LogP contribution < -0.4 is 5.84 Å². The van der Waals surface area contributed by atoms with E-state index in [0.717, 1.165) is 0 Å². The van der Waals surface area contributed by atoms with Gasteiger partial charge in [-0.15, -0.1) is 0 Å². The van der Waals surface area contributed by atoms with E-state index in [0.29, 0.717) is 10.9 Å². The molecule has 2 aromatic carbocycles. The van der Waals surface area contributed by atoms with Crippen LogP contribution >= 0.6 is 0 Å². The number of nitrogens with one attached hydrogen (secondary N) is 1. The first-order valence-corrected chi connectivity index (χ1v) is 7.92. The highest BCUT2D eigenvalue weighted by molar-refractivity contribution is 7.89. The third-order valence-electron chi connectivity index (χ3n) is 3.26. The molecule has 0 aliphatic rings. The Hall–Kier alpha value is -2.91. The molecule has 4 N–H and O–H groups in total. The number of phenolic OH excluding ortho intramolecular Hbond substituents is 1. The molecule has 0 aliphatic carbocycles. The summed E-state index contributed by atoms with van der Waals surface area (Å²) < 4.78 is 25.2. The van der Waals surface area contributed by atoms with Gasteiger partial charge in [0, 0.05) is 10.9 Å². The first kappa shape index (κ1) is 15.0. The number of amides is 1. The molecule has 0 spiro atoms. The maximum atomic E-state index is 12.5. The Balaban J connectivity index is 2.02. The molecule has 0 saturated heterocycles. The van der Waals surface area contributed by atoms with Gasteiger partial charge in [-0.3, -0.25) is 9.89 Å². The lowest BCUT2D eigenvalue weighted by atomic mass is 10.2. The van der Waals surface area contributed by atoms with Crippen molar-refractivity contribution in [2.45, 2.75) is 5.03 Å². The van der Waals surface area contributed by atoms with Gasteiger partial charge < -0.3 is 5.11 Å². The van der Waals surface area contributed by atoms with Gasteiger partial charge >= 0.3 is 0 Å². The van der Waals surface area contributed by atoms with Crippen molar-refractivity contribution in [2.24, 2.45) is 5.84 Å². The highest BCUT2D eigenvalue weighted by atomic mass is 32.2. The summed E-state index contributed by atoms with van der Waals surface area (Å²) in [5, 5.41) is 15.6. The summed E-state index contributed by atoms with van der Waals surface area (Å²) >= 11 is 0. The van der Waals surface area contributed by atoms with E-state index in [4.69, 9.17) is 5.84 Å². The van der Waals surface area contributed by atoms with Crippen molar-refractivity contribution in [3.63, 3.8) is 0 Å². The predicted molar refractivity (Wildman–Crippen MR) is 81.7 cm³/mol. The van der Waals surface area contributed by atoms with Gasteiger partial charge in [0.1, 0.15) is 5.75 Å². The van der Waals surface area contributed by atoms with E-state index in [9.17, 15) is 18.3 Å². The average molecular weight is 332 g/mol. The number of carbonyl (C=O) groups is 1. The van der Waals surface area contributed by atoms with E-state index in [2.05, 4.69) is 10.2 Å². The lowest BCUT2D eigenvalue weighted by Gasteiger charge is -2.16. The number of hydrogen-bond donors (Lipinski definition) is 3. The quantitative estimate of drug-likeness (QED) is 0.372. The van der Waals surface area contributed by atoms with E-state index in [1.54, 1.807) is 24.3 Å². The van der Waals surface area contributed by atoms with Crippen LogP contribution in [0, 0.1) is 0 Å². The van der Waals surface area contributed by atoms with E-state index < -0.39 is 15.9 Å². The molecule has 0 fully saturated rings. The number of hydrazine groups is 1. The van der Waals surface area contributed by atoms with Crippen LogP contribution in [0.1, 0.15) is 10.4 Å². The maximum absolute atomic E-state index is 12.5. The molecule has 23 heavy (non-hydrogen) atoms. The number of sulfonamides is 1. The second kappa shape index (κ2) is 5.38. The third-order valence-corrected chi connectivity index (χ3v) is 4.77. The fourth-order valence-electron chi connectivity index (χ4n) is 2.07. The summed E-state index contributed by atoms with van der Waals surface area (Å²) in [4.78, 5) is 12.2. The summed E-state index contributed by atoms with van der Waals surface area (Å²) in [5.41, 5.74) is 0.467. The molecule has 8 nitrogen and oxygen atoms in total. The van der Waals surface area contributed by atoms with Crippen LogP contribution in [0.3, 0.4) is 0 Å². The molecule has 1 aromatic heterocycles. The van der Waals surface area contributed by atoms with Crippen molar-refractivity contribution >= 4 is 26.8 Å². The molecule has 0 bridgehead atoms. The van der Waals surface area contributed by atoms with Crippen LogP contribution in [-0.4, -0.2) is 34.0 Å². The van der Waals surface area contributed by atoms with Gasteiger partial charge in [0.25, 0.3) is 15.9 Å². The minimum absolute atomic E-state index is 0.0256. The molecule has 0 aliphatic heterocycles. The van der Waals surface area contributed by atoms with Crippen molar-refractivity contribution in [3.8, 4) is 5.75 Å². The highest BCUT2D eigenvalue weighted by Crippen LogP contribution is 2.23. The molecule has 0 unspecified atom stereocenters. The second-order valence-electron chi connectivity index (χ2n) is 4.72. The SMILES string of the molecule is NN(C(=O)c1ccc(O)cc1)S(=O)(=O)c1[nH]nc2ccccc12. The number of aromatic hydroxyl groups is 1. The molecule has 0 saturated carbocycles. The molecule has 118 valence electrons. The summed E-state index contributed by atoms with van der Waals surface area (Å²) in [6, 6.07) is 11.6. The lowest BCUT2D eigenvalue weighted by Crippen LogP contribution is -2.42. The summed E-state index contributed by atoms with van der Waals surface area (Å²) in [5.74, 6) is 4.56. The number of phenols is 1. The molecule has 9 heteroatoms. The minimum Gasteiger partial charge on any atom is -0.508 e. The smallest absolute Gasteiger partial charge is 0.297 e. The maximum Gasteiger partial charge on any atom is 0.297 e. The van der Waals surface area contributed by atoms with Gasteiger partial charge in [-0.2, -0.15) is 17.9 Å².